The first-order valence-electron chi connectivity index (χ1n) is 7.35. The van der Waals surface area contributed by atoms with E-state index in [2.05, 4.69) is 12.0 Å². The van der Waals surface area contributed by atoms with Crippen LogP contribution in [0.1, 0.15) is 31.7 Å². The van der Waals surface area contributed by atoms with E-state index in [1.54, 1.807) is 18.2 Å². The van der Waals surface area contributed by atoms with Crippen LogP contribution in [-0.2, 0) is 6.54 Å². The fourth-order valence-electron chi connectivity index (χ4n) is 2.01. The molecule has 1 aromatic heterocycles. The van der Waals surface area contributed by atoms with Crippen LogP contribution in [0.15, 0.2) is 29.2 Å². The van der Waals surface area contributed by atoms with Crippen LogP contribution in [0.5, 0.6) is 5.75 Å². The molecule has 1 aromatic carbocycles. The quantitative estimate of drug-likeness (QED) is 0.652. The van der Waals surface area contributed by atoms with Crippen LogP contribution >= 0.6 is 34.8 Å². The highest BCUT2D eigenvalue weighted by Crippen LogP contribution is 2.22. The summed E-state index contributed by atoms with van der Waals surface area (Å²) < 4.78 is 6.76. The van der Waals surface area contributed by atoms with Crippen LogP contribution in [0.4, 0.5) is 0 Å². The molecule has 124 valence electrons. The minimum atomic E-state index is -0.411. The van der Waals surface area contributed by atoms with E-state index >= 15 is 0 Å². The van der Waals surface area contributed by atoms with Crippen molar-refractivity contribution in [3.8, 4) is 5.75 Å². The van der Waals surface area contributed by atoms with Crippen LogP contribution in [0, 0.1) is 0 Å². The van der Waals surface area contributed by atoms with Crippen LogP contribution in [0.3, 0.4) is 0 Å². The lowest BCUT2D eigenvalue weighted by molar-refractivity contribution is 0.303. The highest BCUT2D eigenvalue weighted by atomic mass is 35.5. The Labute approximate surface area is 149 Å². The van der Waals surface area contributed by atoms with Gasteiger partial charge in [0.2, 0.25) is 0 Å². The van der Waals surface area contributed by atoms with E-state index < -0.39 is 5.56 Å². The SMILES string of the molecule is CCCCCOc1cnn(Cc2ccc(Cl)cc2Cl)c(=O)c1Cl. The van der Waals surface area contributed by atoms with E-state index in [0.29, 0.717) is 22.4 Å². The van der Waals surface area contributed by atoms with Crippen molar-refractivity contribution in [3.05, 3.63) is 55.4 Å². The monoisotopic (exact) mass is 374 g/mol. The van der Waals surface area contributed by atoms with Gasteiger partial charge in [0.15, 0.2) is 10.8 Å². The molecule has 0 bridgehead atoms. The first-order chi connectivity index (χ1) is 11.0. The molecule has 7 heteroatoms. The third-order valence-corrected chi connectivity index (χ3v) is 4.23. The maximum atomic E-state index is 12.3. The predicted molar refractivity (Wildman–Crippen MR) is 94.1 cm³/mol. The number of hydrogen-bond donors (Lipinski definition) is 0. The van der Waals surface area contributed by atoms with E-state index in [0.717, 1.165) is 24.8 Å². The number of aromatic nitrogens is 2. The molecule has 0 aliphatic heterocycles. The van der Waals surface area contributed by atoms with Crippen molar-refractivity contribution in [1.29, 1.82) is 0 Å². The van der Waals surface area contributed by atoms with Gasteiger partial charge in [-0.1, -0.05) is 60.6 Å². The highest BCUT2D eigenvalue weighted by Gasteiger charge is 2.12. The van der Waals surface area contributed by atoms with Crippen LogP contribution in [-0.4, -0.2) is 16.4 Å². The summed E-state index contributed by atoms with van der Waals surface area (Å²) in [6.45, 7) is 2.84. The molecule has 2 aromatic rings. The number of hydrogen-bond acceptors (Lipinski definition) is 3. The Morgan fingerprint density at radius 2 is 2.00 bits per heavy atom. The lowest BCUT2D eigenvalue weighted by Crippen LogP contribution is -2.24. The topological polar surface area (TPSA) is 44.1 Å². The Balaban J connectivity index is 2.15. The fourth-order valence-corrected chi connectivity index (χ4v) is 2.68. The minimum Gasteiger partial charge on any atom is -0.490 e. The van der Waals surface area contributed by atoms with E-state index in [9.17, 15) is 4.79 Å². The third-order valence-electron chi connectivity index (χ3n) is 3.29. The lowest BCUT2D eigenvalue weighted by Gasteiger charge is -2.10. The maximum absolute atomic E-state index is 12.3. The molecular weight excluding hydrogens is 359 g/mol. The van der Waals surface area contributed by atoms with Crippen LogP contribution in [0.2, 0.25) is 15.1 Å². The standard InChI is InChI=1S/C16H17Cl3N2O2/c1-2-3-4-7-23-14-9-20-21(16(22)15(14)19)10-11-5-6-12(17)8-13(11)18/h5-6,8-9H,2-4,7,10H2,1H3. The van der Waals surface area contributed by atoms with Crippen molar-refractivity contribution in [1.82, 2.24) is 9.78 Å². The zero-order chi connectivity index (χ0) is 16.8. The molecule has 0 spiro atoms. The number of ether oxygens (including phenoxy) is 1. The van der Waals surface area contributed by atoms with Gasteiger partial charge in [0.25, 0.3) is 5.56 Å². The second kappa shape index (κ2) is 8.57. The molecule has 0 aliphatic carbocycles. The van der Waals surface area contributed by atoms with Gasteiger partial charge in [0.1, 0.15) is 0 Å². The molecule has 23 heavy (non-hydrogen) atoms. The Hall–Kier alpha value is -1.23. The highest BCUT2D eigenvalue weighted by molar-refractivity contribution is 6.35. The van der Waals surface area contributed by atoms with Gasteiger partial charge in [-0.15, -0.1) is 0 Å². The molecule has 0 saturated carbocycles. The van der Waals surface area contributed by atoms with Gasteiger partial charge in [-0.2, -0.15) is 5.10 Å². The summed E-state index contributed by atoms with van der Waals surface area (Å²) in [6.07, 6.45) is 4.53. The van der Waals surface area contributed by atoms with Crippen LogP contribution in [0.25, 0.3) is 0 Å². The fraction of sp³-hybridized carbons (Fsp3) is 0.375. The van der Waals surface area contributed by atoms with E-state index in [4.69, 9.17) is 39.5 Å². The second-order valence-corrected chi connectivity index (χ2v) is 6.30. The zero-order valence-electron chi connectivity index (χ0n) is 12.7. The lowest BCUT2D eigenvalue weighted by atomic mass is 10.2. The maximum Gasteiger partial charge on any atom is 0.289 e. The second-order valence-electron chi connectivity index (χ2n) is 5.08. The molecule has 2 rings (SSSR count). The molecule has 1 heterocycles. The van der Waals surface area contributed by atoms with Gasteiger partial charge >= 0.3 is 0 Å². The van der Waals surface area contributed by atoms with Gasteiger partial charge in [0, 0.05) is 10.0 Å². The summed E-state index contributed by atoms with van der Waals surface area (Å²) in [6, 6.07) is 5.08. The number of unbranched alkanes of at least 4 members (excludes halogenated alkanes) is 2. The van der Waals surface area contributed by atoms with Gasteiger partial charge in [0.05, 0.1) is 19.3 Å². The zero-order valence-corrected chi connectivity index (χ0v) is 15.0. The molecule has 0 amide bonds. The smallest absolute Gasteiger partial charge is 0.289 e. The van der Waals surface area contributed by atoms with E-state index in [-0.39, 0.29) is 11.6 Å². The number of rotatable bonds is 7. The molecule has 0 N–H and O–H groups in total. The van der Waals surface area contributed by atoms with E-state index in [1.165, 1.54) is 10.9 Å². The van der Waals surface area contributed by atoms with Crippen LogP contribution < -0.4 is 10.3 Å². The van der Waals surface area contributed by atoms with Crippen molar-refractivity contribution >= 4 is 34.8 Å². The van der Waals surface area contributed by atoms with Gasteiger partial charge in [-0.25, -0.2) is 4.68 Å². The summed E-state index contributed by atoms with van der Waals surface area (Å²) >= 11 is 18.1. The predicted octanol–water partition coefficient (Wildman–Crippen LogP) is 4.82. The molecular formula is C16H17Cl3N2O2. The largest absolute Gasteiger partial charge is 0.490 e. The molecule has 4 nitrogen and oxygen atoms in total. The molecule has 0 radical (unpaired) electrons. The Morgan fingerprint density at radius 3 is 2.70 bits per heavy atom. The summed E-state index contributed by atoms with van der Waals surface area (Å²) in [5.74, 6) is 0.311. The van der Waals surface area contributed by atoms with Crippen molar-refractivity contribution in [2.75, 3.05) is 6.61 Å². The molecule has 0 unspecified atom stereocenters. The summed E-state index contributed by atoms with van der Waals surface area (Å²) in [4.78, 5) is 12.3. The Kier molecular flexibility index (Phi) is 6.75. The van der Waals surface area contributed by atoms with Gasteiger partial charge in [-0.3, -0.25) is 4.79 Å². The average molecular weight is 376 g/mol. The first kappa shape index (κ1) is 18.1. The number of nitrogens with zero attached hydrogens (tertiary/aromatic N) is 2. The normalized spacial score (nSPS) is 10.8. The van der Waals surface area contributed by atoms with Crippen molar-refractivity contribution in [2.45, 2.75) is 32.7 Å². The third kappa shape index (κ3) is 4.87. The van der Waals surface area contributed by atoms with Crippen molar-refractivity contribution in [2.24, 2.45) is 0 Å². The van der Waals surface area contributed by atoms with E-state index in [1.807, 2.05) is 0 Å². The molecule has 0 atom stereocenters. The summed E-state index contributed by atoms with van der Waals surface area (Å²) in [5.41, 5.74) is 0.323. The number of halogens is 3. The summed E-state index contributed by atoms with van der Waals surface area (Å²) in [7, 11) is 0. The average Bonchev–Trinajstić information content (AvgIpc) is 2.52. The first-order valence-corrected chi connectivity index (χ1v) is 8.48. The molecule has 0 fully saturated rings. The van der Waals surface area contributed by atoms with Gasteiger partial charge < -0.3 is 4.74 Å². The minimum absolute atomic E-state index is 0.0292. The van der Waals surface area contributed by atoms with Crippen molar-refractivity contribution < 1.29 is 4.74 Å². The number of benzene rings is 1. The molecule has 0 aliphatic rings. The van der Waals surface area contributed by atoms with Crippen molar-refractivity contribution in [3.63, 3.8) is 0 Å². The summed E-state index contributed by atoms with van der Waals surface area (Å²) in [5, 5.41) is 5.14. The Morgan fingerprint density at radius 1 is 1.22 bits per heavy atom. The van der Waals surface area contributed by atoms with Gasteiger partial charge in [-0.05, 0) is 24.1 Å². The molecule has 0 saturated heterocycles. The Bertz CT molecular complexity index is 732.